The Morgan fingerprint density at radius 1 is 0.489 bits per heavy atom. The predicted octanol–water partition coefficient (Wildman–Crippen LogP) is -0.0963. The molecule has 9 amide bonds. The SMILES string of the molecule is CC(C)C[C@H](NC(=O)[C@@H](NC(=O)[C@H](Cc1ccccc1)NC(=O)CNC(=O)[C@H](Cc1c[nH]c2ccccc12)NC(=O)[C@H](CC(C)C)NC(=O)[C@H](Cc1ccc(O)cc1)NC(=O)[C@H](CCCCN)NC(=O)[C@H](CCCCN)NC(=O)[C@@H](N)CCC(=O)O)[C@@H](C)O)C(=O)O. The van der Waals surface area contributed by atoms with Gasteiger partial charge in [-0.1, -0.05) is 88.4 Å². The van der Waals surface area contributed by atoms with Crippen molar-refractivity contribution in [2.75, 3.05) is 19.6 Å². The summed E-state index contributed by atoms with van der Waals surface area (Å²) in [5, 5.41) is 63.9. The average Bonchev–Trinajstić information content (AvgIpc) is 1.66. The lowest BCUT2D eigenvalue weighted by atomic mass is 9.99. The van der Waals surface area contributed by atoms with Gasteiger partial charge in [0.2, 0.25) is 53.2 Å². The van der Waals surface area contributed by atoms with Crippen LogP contribution < -0.4 is 65.1 Å². The van der Waals surface area contributed by atoms with Crippen LogP contribution in [-0.2, 0) is 72.0 Å². The van der Waals surface area contributed by atoms with Crippen molar-refractivity contribution in [1.82, 2.24) is 52.8 Å². The van der Waals surface area contributed by atoms with Crippen LogP contribution in [0.3, 0.4) is 0 Å². The van der Waals surface area contributed by atoms with E-state index in [1.54, 1.807) is 88.5 Å². The smallest absolute Gasteiger partial charge is 0.326 e. The molecule has 92 heavy (non-hydrogen) atoms. The van der Waals surface area contributed by atoms with E-state index in [4.69, 9.17) is 22.3 Å². The summed E-state index contributed by atoms with van der Waals surface area (Å²) in [5.41, 5.74) is 19.8. The Kier molecular flexibility index (Phi) is 31.7. The van der Waals surface area contributed by atoms with Gasteiger partial charge >= 0.3 is 11.9 Å². The van der Waals surface area contributed by atoms with Gasteiger partial charge in [0.25, 0.3) is 0 Å². The number of amides is 9. The van der Waals surface area contributed by atoms with Crippen LogP contribution in [0.1, 0.15) is 116 Å². The van der Waals surface area contributed by atoms with E-state index >= 15 is 0 Å². The van der Waals surface area contributed by atoms with E-state index in [-0.39, 0.29) is 82.0 Å². The van der Waals surface area contributed by atoms with Crippen molar-refractivity contribution in [1.29, 1.82) is 0 Å². The molecule has 0 aliphatic heterocycles. The molecule has 28 nitrogen and oxygen atoms in total. The molecule has 0 unspecified atom stereocenters. The Bertz CT molecular complexity index is 3090. The highest BCUT2D eigenvalue weighted by atomic mass is 16.4. The topological polar surface area (TPSA) is 471 Å². The number of aliphatic hydroxyl groups excluding tert-OH is 1. The van der Waals surface area contributed by atoms with Gasteiger partial charge in [0.05, 0.1) is 18.7 Å². The van der Waals surface area contributed by atoms with E-state index in [1.165, 1.54) is 31.2 Å². The summed E-state index contributed by atoms with van der Waals surface area (Å²) in [6.45, 7) is 8.08. The molecule has 0 fully saturated rings. The van der Waals surface area contributed by atoms with Crippen LogP contribution >= 0.6 is 0 Å². The molecule has 4 aromatic rings. The molecule has 0 spiro atoms. The van der Waals surface area contributed by atoms with Gasteiger partial charge < -0.3 is 90.5 Å². The van der Waals surface area contributed by atoms with Crippen LogP contribution in [-0.4, -0.2) is 171 Å². The van der Waals surface area contributed by atoms with Crippen LogP contribution in [0, 0.1) is 11.8 Å². The minimum absolute atomic E-state index is 0.00317. The third-order valence-electron chi connectivity index (χ3n) is 15.0. The van der Waals surface area contributed by atoms with Crippen LogP contribution in [0.4, 0.5) is 0 Å². The predicted molar refractivity (Wildman–Crippen MR) is 341 cm³/mol. The van der Waals surface area contributed by atoms with Gasteiger partial charge in [0, 0.05) is 42.8 Å². The number of phenols is 1. The quantitative estimate of drug-likeness (QED) is 0.0258. The lowest BCUT2D eigenvalue weighted by molar-refractivity contribution is -0.143. The van der Waals surface area contributed by atoms with Crippen molar-refractivity contribution < 1.29 is 73.2 Å². The van der Waals surface area contributed by atoms with Crippen molar-refractivity contribution in [3.63, 3.8) is 0 Å². The highest BCUT2D eigenvalue weighted by Gasteiger charge is 2.36. The molecule has 1 heterocycles. The first-order chi connectivity index (χ1) is 43.7. The van der Waals surface area contributed by atoms with E-state index in [0.717, 1.165) is 0 Å². The fourth-order valence-corrected chi connectivity index (χ4v) is 10.0. The number of aliphatic carboxylic acids is 2. The Morgan fingerprint density at radius 2 is 0.957 bits per heavy atom. The molecule has 3 aromatic carbocycles. The zero-order valence-electron chi connectivity index (χ0n) is 52.8. The standard InChI is InChI=1S/C64H93N13O15/c1-36(2)29-48(73-61(88)50(32-40-21-23-42(79)24-22-40)74-59(86)47(20-12-14-28-66)72-58(85)46(19-11-13-27-65)71-56(83)44(67)25-26-54(81)82)60(87)75-51(33-41-34-68-45-18-10-9-17-43(41)45)57(84)69-35-53(80)70-49(31-39-15-7-6-8-16-39)62(89)77-55(38(5)78)63(90)76-52(64(91)92)30-37(3)4/h6-10,15-18,21-24,34,36-38,44,46-52,55,68,78-79H,11-14,19-20,25-33,35,65-67H2,1-5H3,(H,69,84)(H,70,80)(H,71,83)(H,72,85)(H,73,88)(H,74,86)(H,75,87)(H,76,90)(H,77,89)(H,81,82)(H,91,92)/t38-,44+,46+,47+,48+,49+,50+,51+,52+,55+/m1/s1. The van der Waals surface area contributed by atoms with Gasteiger partial charge in [0.15, 0.2) is 0 Å². The Labute approximate surface area is 534 Å². The van der Waals surface area contributed by atoms with Crippen LogP contribution in [0.25, 0.3) is 10.9 Å². The summed E-state index contributed by atoms with van der Waals surface area (Å²) in [6.07, 6.45) is 0.802. The lowest BCUT2D eigenvalue weighted by Crippen LogP contribution is -2.60. The largest absolute Gasteiger partial charge is 0.508 e. The number of carboxylic acids is 2. The highest BCUT2D eigenvalue weighted by Crippen LogP contribution is 2.21. The van der Waals surface area contributed by atoms with Gasteiger partial charge in [-0.3, -0.25) is 47.9 Å². The van der Waals surface area contributed by atoms with Crippen LogP contribution in [0.5, 0.6) is 5.75 Å². The summed E-state index contributed by atoms with van der Waals surface area (Å²) in [6, 6.07) is 8.96. The molecule has 0 radical (unpaired) electrons. The maximum Gasteiger partial charge on any atom is 0.326 e. The molecule has 504 valence electrons. The number of unbranched alkanes of at least 4 members (excludes halogenated alkanes) is 2. The van der Waals surface area contributed by atoms with Gasteiger partial charge in [-0.05, 0) is 125 Å². The number of hydrogen-bond donors (Lipinski definition) is 17. The van der Waals surface area contributed by atoms with Crippen LogP contribution in [0.2, 0.25) is 0 Å². The summed E-state index contributed by atoms with van der Waals surface area (Å²) >= 11 is 0. The summed E-state index contributed by atoms with van der Waals surface area (Å²) in [5.74, 6) is -10.7. The van der Waals surface area contributed by atoms with Crippen molar-refractivity contribution in [2.24, 2.45) is 29.0 Å². The third-order valence-corrected chi connectivity index (χ3v) is 15.0. The fraction of sp³-hybridized carbons (Fsp3) is 0.516. The number of H-pyrrole nitrogens is 1. The van der Waals surface area contributed by atoms with E-state index < -0.39 is 139 Å². The molecule has 0 aliphatic carbocycles. The summed E-state index contributed by atoms with van der Waals surface area (Å²) < 4.78 is 0. The molecular formula is C64H93N13O15. The number of hydrogen-bond acceptors (Lipinski definition) is 16. The lowest BCUT2D eigenvalue weighted by Gasteiger charge is -2.28. The van der Waals surface area contributed by atoms with Gasteiger partial charge in [-0.2, -0.15) is 0 Å². The number of carbonyl (C=O) groups excluding carboxylic acids is 9. The number of aromatic nitrogens is 1. The maximum atomic E-state index is 14.8. The number of aliphatic hydroxyl groups is 1. The highest BCUT2D eigenvalue weighted by molar-refractivity contribution is 5.98. The Hall–Kier alpha value is -8.99. The number of carbonyl (C=O) groups is 11. The Balaban J connectivity index is 1.63. The maximum absolute atomic E-state index is 14.8. The van der Waals surface area contributed by atoms with Crippen molar-refractivity contribution in [3.05, 3.63) is 102 Å². The van der Waals surface area contributed by atoms with Crippen molar-refractivity contribution in [3.8, 4) is 5.75 Å². The average molecular weight is 1280 g/mol. The van der Waals surface area contributed by atoms with Gasteiger partial charge in [0.1, 0.15) is 54.1 Å². The van der Waals surface area contributed by atoms with Crippen LogP contribution in [0.15, 0.2) is 85.1 Å². The molecule has 0 saturated heterocycles. The summed E-state index contributed by atoms with van der Waals surface area (Å²) in [7, 11) is 0. The number of aromatic hydroxyl groups is 1. The zero-order valence-corrected chi connectivity index (χ0v) is 52.8. The third kappa shape index (κ3) is 26.1. The second kappa shape index (κ2) is 38.6. The monoisotopic (exact) mass is 1280 g/mol. The molecule has 0 bridgehead atoms. The molecule has 20 N–H and O–H groups in total. The van der Waals surface area contributed by atoms with E-state index in [0.29, 0.717) is 53.3 Å². The summed E-state index contributed by atoms with van der Waals surface area (Å²) in [4.78, 5) is 153. The molecular weight excluding hydrogens is 1190 g/mol. The van der Waals surface area contributed by atoms with Gasteiger partial charge in [-0.15, -0.1) is 0 Å². The number of nitrogens with one attached hydrogen (secondary N) is 10. The first kappa shape index (κ1) is 75.5. The molecule has 4 rings (SSSR count). The normalized spacial score (nSPS) is 14.6. The van der Waals surface area contributed by atoms with Crippen molar-refractivity contribution >= 4 is 76.0 Å². The number of carboxylic acid groups (broad SMARTS) is 2. The first-order valence-corrected chi connectivity index (χ1v) is 31.0. The van der Waals surface area contributed by atoms with E-state index in [1.807, 2.05) is 0 Å². The number of para-hydroxylation sites is 1. The zero-order chi connectivity index (χ0) is 68.0. The molecule has 1 aromatic heterocycles. The van der Waals surface area contributed by atoms with Crippen molar-refractivity contribution in [2.45, 2.75) is 179 Å². The fourth-order valence-electron chi connectivity index (χ4n) is 10.0. The molecule has 10 atom stereocenters. The minimum atomic E-state index is -1.65. The second-order valence-corrected chi connectivity index (χ2v) is 23.8. The number of phenolic OH excluding ortho intramolecular Hbond substituents is 1. The second-order valence-electron chi connectivity index (χ2n) is 23.8. The molecule has 0 saturated carbocycles. The number of nitrogens with two attached hydrogens (primary N) is 3. The number of rotatable bonds is 41. The number of fused-ring (bicyclic) bond motifs is 1. The number of benzene rings is 3. The number of aromatic amines is 1. The Morgan fingerprint density at radius 3 is 1.51 bits per heavy atom. The minimum Gasteiger partial charge on any atom is -0.508 e. The molecule has 0 aliphatic rings. The van der Waals surface area contributed by atoms with Gasteiger partial charge in [-0.25, -0.2) is 4.79 Å². The van der Waals surface area contributed by atoms with E-state index in [9.17, 15) is 68.1 Å². The first-order valence-electron chi connectivity index (χ1n) is 31.0. The molecule has 28 heteroatoms. The van der Waals surface area contributed by atoms with E-state index in [2.05, 4.69) is 52.8 Å².